The molecule has 1 aliphatic heterocycles. The third-order valence-corrected chi connectivity index (χ3v) is 4.85. The number of anilines is 1. The van der Waals surface area contributed by atoms with Gasteiger partial charge in [-0.3, -0.25) is 4.90 Å². The monoisotopic (exact) mass is 270 g/mol. The van der Waals surface area contributed by atoms with Gasteiger partial charge in [0.2, 0.25) is 0 Å². The Balaban J connectivity index is 1.97. The van der Waals surface area contributed by atoms with Gasteiger partial charge >= 0.3 is 0 Å². The lowest BCUT2D eigenvalue weighted by molar-refractivity contribution is 0.273. The highest BCUT2D eigenvalue weighted by atomic mass is 35.5. The second-order valence-electron chi connectivity index (χ2n) is 4.49. The summed E-state index contributed by atoms with van der Waals surface area (Å²) in [5.41, 5.74) is 7.64. The number of benzene rings is 1. The van der Waals surface area contributed by atoms with Crippen molar-refractivity contribution in [1.29, 1.82) is 0 Å². The highest BCUT2D eigenvalue weighted by Gasteiger charge is 2.18. The van der Waals surface area contributed by atoms with E-state index in [1.54, 1.807) is 0 Å². The molecule has 1 aromatic rings. The zero-order valence-corrected chi connectivity index (χ0v) is 11.7. The van der Waals surface area contributed by atoms with Crippen molar-refractivity contribution >= 4 is 29.1 Å². The van der Waals surface area contributed by atoms with Gasteiger partial charge in [0, 0.05) is 30.6 Å². The third-order valence-electron chi connectivity index (χ3n) is 3.15. The van der Waals surface area contributed by atoms with Crippen LogP contribution in [0.4, 0.5) is 5.69 Å². The highest BCUT2D eigenvalue weighted by molar-refractivity contribution is 8.00. The maximum Gasteiger partial charge on any atom is 0.0638 e. The second kappa shape index (κ2) is 5.98. The summed E-state index contributed by atoms with van der Waals surface area (Å²) in [6.07, 6.45) is 1.25. The molecule has 0 amide bonds. The maximum absolute atomic E-state index is 6.04. The van der Waals surface area contributed by atoms with Crippen molar-refractivity contribution in [3.8, 4) is 0 Å². The lowest BCUT2D eigenvalue weighted by Gasteiger charge is -2.31. The Morgan fingerprint density at radius 2 is 2.35 bits per heavy atom. The van der Waals surface area contributed by atoms with Crippen LogP contribution in [-0.4, -0.2) is 29.0 Å². The summed E-state index contributed by atoms with van der Waals surface area (Å²) in [5.74, 6) is 1.24. The Hall–Kier alpha value is -0.380. The lowest BCUT2D eigenvalue weighted by atomic mass is 10.2. The van der Waals surface area contributed by atoms with Crippen LogP contribution in [0.3, 0.4) is 0 Å². The van der Waals surface area contributed by atoms with Crippen molar-refractivity contribution < 1.29 is 0 Å². The molecule has 1 fully saturated rings. The molecule has 0 spiro atoms. The van der Waals surface area contributed by atoms with Crippen LogP contribution in [0.25, 0.3) is 0 Å². The molecule has 94 valence electrons. The van der Waals surface area contributed by atoms with Crippen LogP contribution in [0.5, 0.6) is 0 Å². The van der Waals surface area contributed by atoms with Gasteiger partial charge in [0.25, 0.3) is 0 Å². The van der Waals surface area contributed by atoms with E-state index in [0.717, 1.165) is 11.8 Å². The van der Waals surface area contributed by atoms with Gasteiger partial charge in [0.15, 0.2) is 0 Å². The predicted octanol–water partition coefficient (Wildman–Crippen LogP) is 3.25. The molecule has 2 N–H and O–H groups in total. The van der Waals surface area contributed by atoms with Gasteiger partial charge in [-0.2, -0.15) is 11.8 Å². The Morgan fingerprint density at radius 1 is 1.53 bits per heavy atom. The average molecular weight is 271 g/mol. The fourth-order valence-electron chi connectivity index (χ4n) is 2.10. The summed E-state index contributed by atoms with van der Waals surface area (Å²) in [7, 11) is 0. The lowest BCUT2D eigenvalue weighted by Crippen LogP contribution is -2.37. The normalized spacial score (nSPS) is 21.6. The molecular weight excluding hydrogens is 252 g/mol. The van der Waals surface area contributed by atoms with Crippen molar-refractivity contribution in [3.05, 3.63) is 28.8 Å². The second-order valence-corrected chi connectivity index (χ2v) is 6.31. The van der Waals surface area contributed by atoms with Crippen molar-refractivity contribution in [2.45, 2.75) is 25.1 Å². The van der Waals surface area contributed by atoms with E-state index in [0.29, 0.717) is 10.7 Å². The topological polar surface area (TPSA) is 29.3 Å². The first-order valence-corrected chi connectivity index (χ1v) is 7.49. The molecule has 17 heavy (non-hydrogen) atoms. The number of nitrogen functional groups attached to an aromatic ring is 1. The molecule has 1 unspecified atom stereocenters. The van der Waals surface area contributed by atoms with E-state index in [1.807, 2.05) is 12.1 Å². The van der Waals surface area contributed by atoms with E-state index in [2.05, 4.69) is 29.7 Å². The van der Waals surface area contributed by atoms with Gasteiger partial charge in [-0.25, -0.2) is 0 Å². The van der Waals surface area contributed by atoms with E-state index in [9.17, 15) is 0 Å². The summed E-state index contributed by atoms with van der Waals surface area (Å²) < 4.78 is 0. The van der Waals surface area contributed by atoms with Crippen LogP contribution in [0, 0.1) is 0 Å². The zero-order valence-electron chi connectivity index (χ0n) is 10.2. The fraction of sp³-hybridized carbons (Fsp3) is 0.538. The largest absolute Gasteiger partial charge is 0.398 e. The number of hydrogen-bond donors (Lipinski definition) is 1. The molecule has 2 rings (SSSR count). The van der Waals surface area contributed by atoms with E-state index >= 15 is 0 Å². The summed E-state index contributed by atoms with van der Waals surface area (Å²) >= 11 is 8.14. The van der Waals surface area contributed by atoms with Crippen molar-refractivity contribution in [2.24, 2.45) is 0 Å². The van der Waals surface area contributed by atoms with Crippen LogP contribution in [-0.2, 0) is 6.54 Å². The molecular formula is C13H19ClN2S. The number of nitrogens with two attached hydrogens (primary N) is 1. The number of hydrogen-bond acceptors (Lipinski definition) is 3. The SMILES string of the molecule is CCC1CN(Cc2ccc(N)c(Cl)c2)CCS1. The molecule has 1 saturated heterocycles. The van der Waals surface area contributed by atoms with Gasteiger partial charge in [-0.1, -0.05) is 24.6 Å². The minimum Gasteiger partial charge on any atom is -0.398 e. The average Bonchev–Trinajstić information content (AvgIpc) is 2.34. The first-order valence-electron chi connectivity index (χ1n) is 6.07. The van der Waals surface area contributed by atoms with Crippen molar-refractivity contribution in [3.63, 3.8) is 0 Å². The molecule has 1 atom stereocenters. The molecule has 1 aromatic carbocycles. The summed E-state index contributed by atoms with van der Waals surface area (Å²) in [5, 5.41) is 1.45. The van der Waals surface area contributed by atoms with Crippen LogP contribution in [0.1, 0.15) is 18.9 Å². The number of rotatable bonds is 3. The Morgan fingerprint density at radius 3 is 3.06 bits per heavy atom. The van der Waals surface area contributed by atoms with Crippen LogP contribution < -0.4 is 5.73 Å². The standard InChI is InChI=1S/C13H19ClN2S/c1-2-11-9-16(5-6-17-11)8-10-3-4-13(15)12(14)7-10/h3-4,7,11H,2,5-6,8-9,15H2,1H3. The summed E-state index contributed by atoms with van der Waals surface area (Å²) in [4.78, 5) is 2.51. The molecule has 0 aromatic heterocycles. The molecule has 0 radical (unpaired) electrons. The van der Waals surface area contributed by atoms with E-state index in [1.165, 1.54) is 30.8 Å². The minimum absolute atomic E-state index is 0.663. The number of thioether (sulfide) groups is 1. The number of halogens is 1. The maximum atomic E-state index is 6.04. The molecule has 0 aliphatic carbocycles. The molecule has 2 nitrogen and oxygen atoms in total. The molecule has 0 saturated carbocycles. The van der Waals surface area contributed by atoms with Crippen molar-refractivity contribution in [1.82, 2.24) is 4.90 Å². The summed E-state index contributed by atoms with van der Waals surface area (Å²) in [6, 6.07) is 5.96. The fourth-order valence-corrected chi connectivity index (χ4v) is 3.55. The van der Waals surface area contributed by atoms with E-state index < -0.39 is 0 Å². The molecule has 0 bridgehead atoms. The van der Waals surface area contributed by atoms with E-state index in [4.69, 9.17) is 17.3 Å². The predicted molar refractivity (Wildman–Crippen MR) is 77.7 cm³/mol. The smallest absolute Gasteiger partial charge is 0.0638 e. The van der Waals surface area contributed by atoms with Crippen molar-refractivity contribution in [2.75, 3.05) is 24.6 Å². The first kappa shape index (κ1) is 13.1. The Bertz CT molecular complexity index is 384. The molecule has 1 heterocycles. The molecule has 1 aliphatic rings. The van der Waals surface area contributed by atoms with Gasteiger partial charge in [0.05, 0.1) is 10.7 Å². The Labute approximate surface area is 113 Å². The van der Waals surface area contributed by atoms with Gasteiger partial charge in [-0.15, -0.1) is 0 Å². The van der Waals surface area contributed by atoms with Gasteiger partial charge < -0.3 is 5.73 Å². The molecule has 4 heteroatoms. The quantitative estimate of drug-likeness (QED) is 0.855. The van der Waals surface area contributed by atoms with Crippen LogP contribution >= 0.6 is 23.4 Å². The zero-order chi connectivity index (χ0) is 12.3. The number of nitrogens with zero attached hydrogens (tertiary/aromatic N) is 1. The minimum atomic E-state index is 0.663. The van der Waals surface area contributed by atoms with Gasteiger partial charge in [-0.05, 0) is 24.1 Å². The third kappa shape index (κ3) is 3.54. The summed E-state index contributed by atoms with van der Waals surface area (Å²) in [6.45, 7) is 5.60. The van der Waals surface area contributed by atoms with Crippen LogP contribution in [0.15, 0.2) is 18.2 Å². The Kier molecular flexibility index (Phi) is 4.60. The first-order chi connectivity index (χ1) is 8.19. The van der Waals surface area contributed by atoms with Gasteiger partial charge in [0.1, 0.15) is 0 Å². The van der Waals surface area contributed by atoms with Crippen LogP contribution in [0.2, 0.25) is 5.02 Å². The van der Waals surface area contributed by atoms with E-state index in [-0.39, 0.29) is 0 Å². The highest BCUT2D eigenvalue weighted by Crippen LogP contribution is 2.24.